The summed E-state index contributed by atoms with van der Waals surface area (Å²) in [4.78, 5) is 15.3. The predicted octanol–water partition coefficient (Wildman–Crippen LogP) is 4.10. The average molecular weight is 543 g/mol. The molecule has 0 radical (unpaired) electrons. The van der Waals surface area contributed by atoms with Gasteiger partial charge in [0.1, 0.15) is 0 Å². The van der Waals surface area contributed by atoms with E-state index >= 15 is 0 Å². The van der Waals surface area contributed by atoms with E-state index < -0.39 is 0 Å². The zero-order valence-electron chi connectivity index (χ0n) is 18.3. The largest absolute Gasteiger partial charge is 0.356 e. The third-order valence-electron chi connectivity index (χ3n) is 6.70. The Hall–Kier alpha value is -1.13. The van der Waals surface area contributed by atoms with Gasteiger partial charge < -0.3 is 14.8 Å². The van der Waals surface area contributed by atoms with Gasteiger partial charge in [0.05, 0.1) is 12.4 Å². The molecule has 2 aliphatic rings. The minimum Gasteiger partial charge on any atom is -0.356 e. The van der Waals surface area contributed by atoms with Crippen LogP contribution in [0, 0.1) is 11.8 Å². The fourth-order valence-electron chi connectivity index (χ4n) is 5.03. The maximum atomic E-state index is 4.64. The first-order valence-corrected chi connectivity index (χ1v) is 11.7. The van der Waals surface area contributed by atoms with Crippen molar-refractivity contribution in [3.63, 3.8) is 0 Å². The number of nitrogens with zero attached hydrogens (tertiary/aromatic N) is 5. The van der Waals surface area contributed by atoms with Crippen LogP contribution >= 0.6 is 35.3 Å². The Morgan fingerprint density at radius 1 is 1.33 bits per heavy atom. The highest BCUT2D eigenvalue weighted by atomic mass is 127. The molecule has 8 heteroatoms. The molecule has 4 atom stereocenters. The molecule has 166 valence electrons. The number of hydrogen-bond donors (Lipinski definition) is 1. The number of aromatic nitrogens is 2. The van der Waals surface area contributed by atoms with E-state index in [2.05, 4.69) is 67.3 Å². The van der Waals surface area contributed by atoms with Gasteiger partial charge in [0.2, 0.25) is 0 Å². The number of thiophene rings is 1. The average Bonchev–Trinajstić information content (AvgIpc) is 3.44. The van der Waals surface area contributed by atoms with Gasteiger partial charge in [-0.05, 0) is 56.1 Å². The number of imidazole rings is 1. The van der Waals surface area contributed by atoms with Crippen LogP contribution in [0.3, 0.4) is 0 Å². The fourth-order valence-corrected chi connectivity index (χ4v) is 6.02. The molecule has 0 saturated carbocycles. The lowest BCUT2D eigenvalue weighted by Gasteiger charge is -2.41. The normalized spacial score (nSPS) is 28.2. The minimum absolute atomic E-state index is 0. The summed E-state index contributed by atoms with van der Waals surface area (Å²) in [5.41, 5.74) is 0. The Bertz CT molecular complexity index is 778. The van der Waals surface area contributed by atoms with Gasteiger partial charge in [0.25, 0.3) is 0 Å². The van der Waals surface area contributed by atoms with Crippen molar-refractivity contribution in [2.45, 2.75) is 38.3 Å². The highest BCUT2D eigenvalue weighted by Gasteiger charge is 2.33. The maximum Gasteiger partial charge on any atom is 0.193 e. The van der Waals surface area contributed by atoms with E-state index in [-0.39, 0.29) is 24.0 Å². The monoisotopic (exact) mass is 542 g/mol. The Morgan fingerprint density at radius 2 is 2.20 bits per heavy atom. The van der Waals surface area contributed by atoms with Crippen molar-refractivity contribution in [3.8, 4) is 0 Å². The highest BCUT2D eigenvalue weighted by Crippen LogP contribution is 2.37. The Labute approximate surface area is 201 Å². The molecule has 2 aromatic heterocycles. The molecular formula is C22H35IN6S. The number of guanidine groups is 1. The first kappa shape index (κ1) is 23.5. The summed E-state index contributed by atoms with van der Waals surface area (Å²) in [5.74, 6) is 2.30. The minimum atomic E-state index is 0. The van der Waals surface area contributed by atoms with E-state index in [1.165, 1.54) is 30.7 Å². The van der Waals surface area contributed by atoms with Crippen LogP contribution in [0.25, 0.3) is 0 Å². The van der Waals surface area contributed by atoms with E-state index in [9.17, 15) is 0 Å². The van der Waals surface area contributed by atoms with E-state index in [0.717, 1.165) is 25.6 Å². The Balaban J connectivity index is 0.00000256. The number of hydrogen-bond acceptors (Lipinski definition) is 4. The van der Waals surface area contributed by atoms with Crippen LogP contribution < -0.4 is 5.32 Å². The van der Waals surface area contributed by atoms with E-state index in [0.29, 0.717) is 23.9 Å². The van der Waals surface area contributed by atoms with Crippen LogP contribution in [-0.4, -0.2) is 65.6 Å². The van der Waals surface area contributed by atoms with E-state index in [1.54, 1.807) is 0 Å². The maximum absolute atomic E-state index is 4.64. The molecule has 0 amide bonds. The van der Waals surface area contributed by atoms with Crippen molar-refractivity contribution in [3.05, 3.63) is 41.1 Å². The van der Waals surface area contributed by atoms with Gasteiger partial charge in [0.15, 0.2) is 5.96 Å². The van der Waals surface area contributed by atoms with Crippen molar-refractivity contribution in [2.24, 2.45) is 16.8 Å². The lowest BCUT2D eigenvalue weighted by atomic mass is 9.88. The Morgan fingerprint density at radius 3 is 2.90 bits per heavy atom. The first-order chi connectivity index (χ1) is 14.2. The van der Waals surface area contributed by atoms with Crippen molar-refractivity contribution >= 4 is 41.3 Å². The van der Waals surface area contributed by atoms with Crippen LogP contribution in [0.5, 0.6) is 0 Å². The standard InChI is InChI=1S/C22H34N6S.HI/c1-17-8-11-27(15-19(17)28-12-9-24-16-28)22(23-2)25-14-18-6-4-10-26(3)21(18)20-7-5-13-29-20;/h5,7,9,12-13,16-19,21H,4,6,8,10-11,14-15H2,1-3H3,(H,23,25);1H. The molecule has 30 heavy (non-hydrogen) atoms. The molecule has 0 aliphatic carbocycles. The summed E-state index contributed by atoms with van der Waals surface area (Å²) < 4.78 is 2.26. The molecule has 4 heterocycles. The quantitative estimate of drug-likeness (QED) is 0.359. The number of likely N-dealkylation sites (tertiary alicyclic amines) is 2. The lowest BCUT2D eigenvalue weighted by Crippen LogP contribution is -2.51. The number of halogens is 1. The second-order valence-corrected chi connectivity index (χ2v) is 9.54. The Kier molecular flexibility index (Phi) is 8.59. The van der Waals surface area contributed by atoms with Crippen LogP contribution in [-0.2, 0) is 0 Å². The predicted molar refractivity (Wildman–Crippen MR) is 136 cm³/mol. The van der Waals surface area contributed by atoms with E-state index in [4.69, 9.17) is 0 Å². The van der Waals surface area contributed by atoms with Crippen molar-refractivity contribution in [2.75, 3.05) is 40.3 Å². The molecule has 4 rings (SSSR count). The van der Waals surface area contributed by atoms with Gasteiger partial charge in [-0.15, -0.1) is 35.3 Å². The molecule has 2 saturated heterocycles. The molecule has 6 nitrogen and oxygen atoms in total. The zero-order chi connectivity index (χ0) is 20.2. The van der Waals surface area contributed by atoms with Crippen LogP contribution in [0.15, 0.2) is 41.2 Å². The van der Waals surface area contributed by atoms with Gasteiger partial charge in [-0.1, -0.05) is 13.0 Å². The first-order valence-electron chi connectivity index (χ1n) is 10.8. The summed E-state index contributed by atoms with van der Waals surface area (Å²) >= 11 is 1.89. The fraction of sp³-hybridized carbons (Fsp3) is 0.636. The van der Waals surface area contributed by atoms with Crippen molar-refractivity contribution in [1.82, 2.24) is 24.7 Å². The number of aliphatic imine (C=N–C) groups is 1. The molecule has 0 spiro atoms. The van der Waals surface area contributed by atoms with Crippen LogP contribution in [0.2, 0.25) is 0 Å². The smallest absolute Gasteiger partial charge is 0.193 e. The number of nitrogens with one attached hydrogen (secondary N) is 1. The van der Waals surface area contributed by atoms with E-state index in [1.807, 2.05) is 30.9 Å². The van der Waals surface area contributed by atoms with Crippen LogP contribution in [0.4, 0.5) is 0 Å². The summed E-state index contributed by atoms with van der Waals surface area (Å²) in [6.07, 6.45) is 9.63. The number of rotatable bonds is 4. The van der Waals surface area contributed by atoms with Crippen molar-refractivity contribution in [1.29, 1.82) is 0 Å². The molecule has 2 aromatic rings. The van der Waals surface area contributed by atoms with Gasteiger partial charge in [0, 0.05) is 50.0 Å². The lowest BCUT2D eigenvalue weighted by molar-refractivity contribution is 0.123. The second-order valence-electron chi connectivity index (χ2n) is 8.56. The second kappa shape index (κ2) is 10.9. The molecule has 4 unspecified atom stereocenters. The van der Waals surface area contributed by atoms with Crippen molar-refractivity contribution < 1.29 is 0 Å². The van der Waals surface area contributed by atoms with Gasteiger partial charge >= 0.3 is 0 Å². The number of piperidine rings is 2. The third-order valence-corrected chi connectivity index (χ3v) is 7.64. The molecule has 2 fully saturated rings. The van der Waals surface area contributed by atoms with Gasteiger partial charge in [-0.3, -0.25) is 9.89 Å². The summed E-state index contributed by atoms with van der Waals surface area (Å²) in [5, 5.41) is 5.93. The molecular weight excluding hydrogens is 507 g/mol. The molecule has 1 N–H and O–H groups in total. The summed E-state index contributed by atoms with van der Waals surface area (Å²) in [6, 6.07) is 5.43. The van der Waals surface area contributed by atoms with Crippen LogP contribution in [0.1, 0.15) is 43.1 Å². The topological polar surface area (TPSA) is 48.7 Å². The third kappa shape index (κ3) is 5.19. The molecule has 2 aliphatic heterocycles. The molecule has 0 aromatic carbocycles. The molecule has 0 bridgehead atoms. The highest BCUT2D eigenvalue weighted by molar-refractivity contribution is 14.0. The van der Waals surface area contributed by atoms with Gasteiger partial charge in [-0.25, -0.2) is 4.98 Å². The summed E-state index contributed by atoms with van der Waals surface area (Å²) in [7, 11) is 4.18. The zero-order valence-corrected chi connectivity index (χ0v) is 21.4. The summed E-state index contributed by atoms with van der Waals surface area (Å²) in [6.45, 7) is 6.55. The SMILES string of the molecule is CN=C(NCC1CCCN(C)C1c1cccs1)N1CCC(C)C(n2ccnc2)C1.I. The van der Waals surface area contributed by atoms with Gasteiger partial charge in [-0.2, -0.15) is 0 Å².